The molecule has 2 atom stereocenters. The van der Waals surface area contributed by atoms with Gasteiger partial charge in [-0.3, -0.25) is 4.79 Å². The number of hydrogen-bond acceptors (Lipinski definition) is 3. The molecule has 0 aromatic heterocycles. The first-order valence-electron chi connectivity index (χ1n) is 6.20. The number of esters is 1. The second-order valence-corrected chi connectivity index (χ2v) is 10.5. The molecule has 0 N–H and O–H groups in total. The highest BCUT2D eigenvalue weighted by molar-refractivity contribution is 6.77. The normalized spacial score (nSPS) is 15.6. The minimum atomic E-state index is -1.34. The number of ether oxygens (including phenoxy) is 2. The van der Waals surface area contributed by atoms with Gasteiger partial charge < -0.3 is 9.47 Å². The van der Waals surface area contributed by atoms with Gasteiger partial charge in [0.05, 0.1) is 13.8 Å². The zero-order valence-corrected chi connectivity index (χ0v) is 12.5. The molecule has 0 bridgehead atoms. The molecule has 0 aromatic rings. The number of carbonyl (C=O) groups excluding carboxylic acids is 1. The van der Waals surface area contributed by atoms with Gasteiger partial charge in [0.2, 0.25) is 6.29 Å². The van der Waals surface area contributed by atoms with E-state index in [0.717, 1.165) is 6.42 Å². The molecular weight excluding hydrogens is 220 g/mol. The van der Waals surface area contributed by atoms with E-state index in [-0.39, 0.29) is 18.0 Å². The molecule has 0 heterocycles. The maximum absolute atomic E-state index is 11.2. The summed E-state index contributed by atoms with van der Waals surface area (Å²) in [5, 5.41) is 0. The maximum atomic E-state index is 11.2. The summed E-state index contributed by atoms with van der Waals surface area (Å²) in [7, 11) is -1.34. The standard InChI is InChI=1S/C12H26O3Si/c1-7-10(13)14-11(8-2)15-12(9-3)16(4,5)6/h11-12H,7-9H2,1-6H3. The monoisotopic (exact) mass is 246 g/mol. The van der Waals surface area contributed by atoms with E-state index in [1.165, 1.54) is 0 Å². The van der Waals surface area contributed by atoms with Gasteiger partial charge in [-0.1, -0.05) is 40.4 Å². The van der Waals surface area contributed by atoms with Crippen molar-refractivity contribution >= 4 is 14.0 Å². The third-order valence-corrected chi connectivity index (χ3v) is 5.01. The van der Waals surface area contributed by atoms with Crippen molar-refractivity contribution in [3.63, 3.8) is 0 Å². The Kier molecular flexibility index (Phi) is 6.91. The van der Waals surface area contributed by atoms with Gasteiger partial charge in [0.25, 0.3) is 0 Å². The first kappa shape index (κ1) is 15.6. The second kappa shape index (κ2) is 7.07. The highest BCUT2D eigenvalue weighted by Gasteiger charge is 2.29. The lowest BCUT2D eigenvalue weighted by molar-refractivity contribution is -0.183. The summed E-state index contributed by atoms with van der Waals surface area (Å²) in [6, 6.07) is 0. The van der Waals surface area contributed by atoms with Gasteiger partial charge in [0, 0.05) is 12.8 Å². The molecule has 0 fully saturated rings. The van der Waals surface area contributed by atoms with Crippen LogP contribution in [0.5, 0.6) is 0 Å². The predicted octanol–water partition coefficient (Wildman–Crippen LogP) is 3.35. The molecule has 0 amide bonds. The van der Waals surface area contributed by atoms with Crippen LogP contribution in [0.25, 0.3) is 0 Å². The third-order valence-electron chi connectivity index (χ3n) is 2.54. The molecule has 0 rings (SSSR count). The van der Waals surface area contributed by atoms with Gasteiger partial charge in [-0.15, -0.1) is 0 Å². The van der Waals surface area contributed by atoms with Crippen LogP contribution in [0.3, 0.4) is 0 Å². The van der Waals surface area contributed by atoms with Crippen LogP contribution >= 0.6 is 0 Å². The van der Waals surface area contributed by atoms with Crippen molar-refractivity contribution in [2.75, 3.05) is 0 Å². The Bertz CT molecular complexity index is 211. The number of rotatable bonds is 7. The van der Waals surface area contributed by atoms with Gasteiger partial charge in [0.1, 0.15) is 0 Å². The molecule has 4 heteroatoms. The zero-order chi connectivity index (χ0) is 12.8. The molecule has 0 aliphatic rings. The van der Waals surface area contributed by atoms with Crippen molar-refractivity contribution in [3.8, 4) is 0 Å². The van der Waals surface area contributed by atoms with Crippen LogP contribution < -0.4 is 0 Å². The number of carbonyl (C=O) groups is 1. The molecule has 0 saturated heterocycles. The topological polar surface area (TPSA) is 35.5 Å². The van der Waals surface area contributed by atoms with E-state index in [9.17, 15) is 4.79 Å². The molecule has 16 heavy (non-hydrogen) atoms. The Morgan fingerprint density at radius 2 is 1.69 bits per heavy atom. The molecule has 0 spiro atoms. The molecule has 0 saturated carbocycles. The van der Waals surface area contributed by atoms with Crippen LogP contribution in [-0.4, -0.2) is 26.1 Å². The molecule has 3 nitrogen and oxygen atoms in total. The van der Waals surface area contributed by atoms with Crippen LogP contribution in [0.4, 0.5) is 0 Å². The molecule has 0 radical (unpaired) electrons. The van der Waals surface area contributed by atoms with E-state index in [2.05, 4.69) is 26.6 Å². The van der Waals surface area contributed by atoms with Gasteiger partial charge in [-0.25, -0.2) is 0 Å². The third kappa shape index (κ3) is 5.65. The van der Waals surface area contributed by atoms with E-state index in [0.29, 0.717) is 12.8 Å². The van der Waals surface area contributed by atoms with Crippen LogP contribution in [0.2, 0.25) is 19.6 Å². The summed E-state index contributed by atoms with van der Waals surface area (Å²) >= 11 is 0. The predicted molar refractivity (Wildman–Crippen MR) is 69.0 cm³/mol. The van der Waals surface area contributed by atoms with Crippen molar-refractivity contribution in [3.05, 3.63) is 0 Å². The average molecular weight is 246 g/mol. The van der Waals surface area contributed by atoms with Crippen LogP contribution in [0.15, 0.2) is 0 Å². The molecular formula is C12H26O3Si. The van der Waals surface area contributed by atoms with E-state index in [1.54, 1.807) is 6.92 Å². The Hall–Kier alpha value is -0.353. The first-order valence-corrected chi connectivity index (χ1v) is 9.77. The van der Waals surface area contributed by atoms with Gasteiger partial charge in [0.15, 0.2) is 0 Å². The lowest BCUT2D eigenvalue weighted by Gasteiger charge is -2.31. The summed E-state index contributed by atoms with van der Waals surface area (Å²) in [6.07, 6.45) is 1.73. The maximum Gasteiger partial charge on any atom is 0.307 e. The highest BCUT2D eigenvalue weighted by Crippen LogP contribution is 2.18. The van der Waals surface area contributed by atoms with E-state index in [4.69, 9.17) is 9.47 Å². The molecule has 2 unspecified atom stereocenters. The minimum Gasteiger partial charge on any atom is -0.436 e. The van der Waals surface area contributed by atoms with Crippen molar-refractivity contribution < 1.29 is 14.3 Å². The fraction of sp³-hybridized carbons (Fsp3) is 0.917. The van der Waals surface area contributed by atoms with Gasteiger partial charge in [-0.05, 0) is 6.42 Å². The second-order valence-electron chi connectivity index (χ2n) is 5.08. The quantitative estimate of drug-likeness (QED) is 0.392. The Morgan fingerprint density at radius 1 is 1.12 bits per heavy atom. The lowest BCUT2D eigenvalue weighted by Crippen LogP contribution is -2.43. The van der Waals surface area contributed by atoms with E-state index >= 15 is 0 Å². The Labute approximate surface area is 101 Å². The van der Waals surface area contributed by atoms with E-state index in [1.807, 2.05) is 6.92 Å². The summed E-state index contributed by atoms with van der Waals surface area (Å²) in [4.78, 5) is 11.2. The largest absolute Gasteiger partial charge is 0.436 e. The molecule has 0 aromatic carbocycles. The highest BCUT2D eigenvalue weighted by atomic mass is 28.3. The molecule has 0 aliphatic carbocycles. The average Bonchev–Trinajstić information content (AvgIpc) is 2.21. The van der Waals surface area contributed by atoms with Crippen molar-refractivity contribution in [2.45, 2.75) is 71.7 Å². The molecule has 96 valence electrons. The zero-order valence-electron chi connectivity index (χ0n) is 11.5. The van der Waals surface area contributed by atoms with Crippen LogP contribution in [0.1, 0.15) is 40.0 Å². The summed E-state index contributed by atoms with van der Waals surface area (Å²) in [5.74, 6) is -0.183. The van der Waals surface area contributed by atoms with Gasteiger partial charge >= 0.3 is 5.97 Å². The Balaban J connectivity index is 4.34. The lowest BCUT2D eigenvalue weighted by atomic mass is 10.4. The van der Waals surface area contributed by atoms with Crippen molar-refractivity contribution in [1.29, 1.82) is 0 Å². The summed E-state index contributed by atoms with van der Waals surface area (Å²) in [6.45, 7) is 12.7. The first-order chi connectivity index (χ1) is 7.35. The fourth-order valence-corrected chi connectivity index (χ4v) is 3.32. The summed E-state index contributed by atoms with van der Waals surface area (Å²) in [5.41, 5.74) is 0.252. The smallest absolute Gasteiger partial charge is 0.307 e. The van der Waals surface area contributed by atoms with Crippen LogP contribution in [-0.2, 0) is 14.3 Å². The Morgan fingerprint density at radius 3 is 2.00 bits per heavy atom. The minimum absolute atomic E-state index is 0.183. The summed E-state index contributed by atoms with van der Waals surface area (Å²) < 4.78 is 11.1. The van der Waals surface area contributed by atoms with Crippen molar-refractivity contribution in [2.24, 2.45) is 0 Å². The SMILES string of the molecule is CCC(=O)OC(CC)OC(CC)[Si](C)(C)C. The number of hydrogen-bond donors (Lipinski definition) is 0. The van der Waals surface area contributed by atoms with Gasteiger partial charge in [-0.2, -0.15) is 0 Å². The van der Waals surface area contributed by atoms with Crippen molar-refractivity contribution in [1.82, 2.24) is 0 Å². The van der Waals surface area contributed by atoms with Crippen LogP contribution in [0, 0.1) is 0 Å². The fourth-order valence-electron chi connectivity index (χ4n) is 1.53. The molecule has 0 aliphatic heterocycles. The van der Waals surface area contributed by atoms with E-state index < -0.39 is 8.07 Å².